The molecule has 0 atom stereocenters. The molecule has 0 aromatic carbocycles. The maximum Gasteiger partial charge on any atom is 0.227 e. The number of nitrogens with zero attached hydrogens (tertiary/aromatic N) is 1. The van der Waals surface area contributed by atoms with Crippen LogP contribution in [0.1, 0.15) is 6.42 Å². The van der Waals surface area contributed by atoms with Crippen LogP contribution in [0.5, 0.6) is 0 Å². The molecule has 0 aromatic heterocycles. The van der Waals surface area contributed by atoms with Crippen LogP contribution in [-0.2, 0) is 14.8 Å². The van der Waals surface area contributed by atoms with Gasteiger partial charge in [-0.15, -0.1) is 0 Å². The van der Waals surface area contributed by atoms with E-state index in [1.165, 1.54) is 0 Å². The van der Waals surface area contributed by atoms with E-state index in [-0.39, 0.29) is 25.3 Å². The summed E-state index contributed by atoms with van der Waals surface area (Å²) in [5, 5.41) is 13.2. The van der Waals surface area contributed by atoms with E-state index >= 15 is 0 Å². The van der Waals surface area contributed by atoms with Crippen LogP contribution >= 0.6 is 0 Å². The van der Waals surface area contributed by atoms with Crippen molar-refractivity contribution in [2.24, 2.45) is 10.9 Å². The molecule has 0 aliphatic heterocycles. The van der Waals surface area contributed by atoms with Crippen LogP contribution in [0, 0.1) is 0 Å². The number of amidine groups is 1. The highest BCUT2D eigenvalue weighted by atomic mass is 32.2. The maximum atomic E-state index is 11.0. The fourth-order valence-electron chi connectivity index (χ4n) is 0.701. The molecule has 88 valence electrons. The van der Waals surface area contributed by atoms with Gasteiger partial charge in [0.2, 0.25) is 15.9 Å². The molecule has 0 aliphatic rings. The van der Waals surface area contributed by atoms with Crippen molar-refractivity contribution in [3.8, 4) is 0 Å². The van der Waals surface area contributed by atoms with E-state index < -0.39 is 15.9 Å². The van der Waals surface area contributed by atoms with E-state index in [1.807, 2.05) is 0 Å². The Morgan fingerprint density at radius 3 is 2.53 bits per heavy atom. The zero-order valence-corrected chi connectivity index (χ0v) is 9.04. The standard InChI is InChI=1S/C6H14N4O4S/c1-15(13,14)9-3-2-8-6(11)4-5(7)10-12/h9,12H,2-4H2,1H3,(H2,7,10)(H,8,11). The second-order valence-electron chi connectivity index (χ2n) is 2.78. The van der Waals surface area contributed by atoms with E-state index in [4.69, 9.17) is 10.9 Å². The molecule has 5 N–H and O–H groups in total. The molecule has 1 amide bonds. The molecule has 0 rings (SSSR count). The number of oxime groups is 1. The summed E-state index contributed by atoms with van der Waals surface area (Å²) in [6.45, 7) is 0.241. The summed E-state index contributed by atoms with van der Waals surface area (Å²) in [7, 11) is -3.24. The predicted octanol–water partition coefficient (Wildman–Crippen LogP) is -2.21. The Morgan fingerprint density at radius 2 is 2.07 bits per heavy atom. The molecule has 0 unspecified atom stereocenters. The summed E-state index contributed by atoms with van der Waals surface area (Å²) in [6, 6.07) is 0. The third kappa shape index (κ3) is 8.97. The van der Waals surface area contributed by atoms with Crippen LogP contribution in [0.15, 0.2) is 5.16 Å². The Balaban J connectivity index is 3.65. The summed E-state index contributed by atoms with van der Waals surface area (Å²) in [6.07, 6.45) is 0.792. The molecule has 0 fully saturated rings. The molecular formula is C6H14N4O4S. The number of nitrogens with two attached hydrogens (primary N) is 1. The van der Waals surface area contributed by atoms with Crippen molar-refractivity contribution in [3.05, 3.63) is 0 Å². The van der Waals surface area contributed by atoms with E-state index in [9.17, 15) is 13.2 Å². The van der Waals surface area contributed by atoms with Crippen LogP contribution in [-0.4, -0.2) is 44.7 Å². The van der Waals surface area contributed by atoms with Gasteiger partial charge in [-0.2, -0.15) is 0 Å². The first-order valence-corrected chi connectivity index (χ1v) is 5.92. The molecule has 9 heteroatoms. The molecule has 0 saturated carbocycles. The maximum absolute atomic E-state index is 11.0. The average Bonchev–Trinajstić information content (AvgIpc) is 2.11. The number of hydrogen-bond acceptors (Lipinski definition) is 5. The number of hydrogen-bond donors (Lipinski definition) is 4. The Bertz CT molecular complexity index is 337. The first kappa shape index (κ1) is 13.7. The second-order valence-corrected chi connectivity index (χ2v) is 4.62. The molecular weight excluding hydrogens is 224 g/mol. The molecule has 0 aliphatic carbocycles. The van der Waals surface area contributed by atoms with Crippen molar-refractivity contribution in [1.29, 1.82) is 0 Å². The average molecular weight is 238 g/mol. The summed E-state index contributed by atoms with van der Waals surface area (Å²) in [4.78, 5) is 11.0. The van der Waals surface area contributed by atoms with Crippen molar-refractivity contribution in [2.45, 2.75) is 6.42 Å². The second kappa shape index (κ2) is 6.19. The van der Waals surface area contributed by atoms with Crippen molar-refractivity contribution < 1.29 is 18.4 Å². The largest absolute Gasteiger partial charge is 0.409 e. The summed E-state index contributed by atoms with van der Waals surface area (Å²) >= 11 is 0. The van der Waals surface area contributed by atoms with Gasteiger partial charge in [-0.25, -0.2) is 13.1 Å². The van der Waals surface area contributed by atoms with Gasteiger partial charge in [-0.3, -0.25) is 4.79 Å². The van der Waals surface area contributed by atoms with Crippen LogP contribution in [0.4, 0.5) is 0 Å². The molecule has 0 heterocycles. The lowest BCUT2D eigenvalue weighted by Gasteiger charge is -2.04. The van der Waals surface area contributed by atoms with Crippen LogP contribution in [0.2, 0.25) is 0 Å². The van der Waals surface area contributed by atoms with Crippen LogP contribution in [0.25, 0.3) is 0 Å². The van der Waals surface area contributed by atoms with Gasteiger partial charge in [0.1, 0.15) is 5.84 Å². The van der Waals surface area contributed by atoms with Crippen LogP contribution < -0.4 is 15.8 Å². The monoisotopic (exact) mass is 238 g/mol. The van der Waals surface area contributed by atoms with Crippen LogP contribution in [0.3, 0.4) is 0 Å². The van der Waals surface area contributed by atoms with Gasteiger partial charge in [0.15, 0.2) is 0 Å². The van der Waals surface area contributed by atoms with E-state index in [0.717, 1.165) is 6.26 Å². The smallest absolute Gasteiger partial charge is 0.227 e. The molecule has 0 bridgehead atoms. The molecule has 0 aromatic rings. The molecule has 0 radical (unpaired) electrons. The van der Waals surface area contributed by atoms with Gasteiger partial charge in [-0.1, -0.05) is 5.16 Å². The first-order valence-electron chi connectivity index (χ1n) is 4.03. The van der Waals surface area contributed by atoms with Crippen molar-refractivity contribution in [2.75, 3.05) is 19.3 Å². The molecule has 15 heavy (non-hydrogen) atoms. The minimum absolute atomic E-state index is 0.0980. The van der Waals surface area contributed by atoms with Crippen molar-refractivity contribution >= 4 is 21.8 Å². The topological polar surface area (TPSA) is 134 Å². The van der Waals surface area contributed by atoms with E-state index in [0.29, 0.717) is 0 Å². The lowest BCUT2D eigenvalue weighted by Crippen LogP contribution is -2.35. The fourth-order valence-corrected chi connectivity index (χ4v) is 1.17. The highest BCUT2D eigenvalue weighted by molar-refractivity contribution is 7.88. The highest BCUT2D eigenvalue weighted by Gasteiger charge is 2.04. The Morgan fingerprint density at radius 1 is 1.47 bits per heavy atom. The summed E-state index contributed by atoms with van der Waals surface area (Å²) in [5.74, 6) is -0.649. The van der Waals surface area contributed by atoms with Crippen molar-refractivity contribution in [3.63, 3.8) is 0 Å². The fraction of sp³-hybridized carbons (Fsp3) is 0.667. The van der Waals surface area contributed by atoms with Gasteiger partial charge in [0.05, 0.1) is 12.7 Å². The molecule has 0 saturated heterocycles. The number of carbonyl (C=O) groups excluding carboxylic acids is 1. The lowest BCUT2D eigenvalue weighted by molar-refractivity contribution is -0.119. The van der Waals surface area contributed by atoms with Gasteiger partial charge < -0.3 is 16.3 Å². The summed E-state index contributed by atoms with van der Waals surface area (Å²) in [5.41, 5.74) is 5.08. The van der Waals surface area contributed by atoms with Gasteiger partial charge in [-0.05, 0) is 0 Å². The van der Waals surface area contributed by atoms with Gasteiger partial charge in [0.25, 0.3) is 0 Å². The minimum atomic E-state index is -3.24. The molecule has 0 spiro atoms. The molecule has 8 nitrogen and oxygen atoms in total. The van der Waals surface area contributed by atoms with Gasteiger partial charge >= 0.3 is 0 Å². The number of carbonyl (C=O) groups is 1. The summed E-state index contributed by atoms with van der Waals surface area (Å²) < 4.78 is 23.4. The number of nitrogens with one attached hydrogen (secondary N) is 2. The zero-order chi connectivity index (χ0) is 11.9. The predicted molar refractivity (Wildman–Crippen MR) is 53.9 cm³/mol. The highest BCUT2D eigenvalue weighted by Crippen LogP contribution is 1.79. The van der Waals surface area contributed by atoms with Gasteiger partial charge in [0, 0.05) is 13.1 Å². The van der Waals surface area contributed by atoms with E-state index in [2.05, 4.69) is 15.2 Å². The SMILES string of the molecule is CS(=O)(=O)NCCNC(=O)C/C(N)=N/O. The Labute approximate surface area is 87.6 Å². The number of rotatable bonds is 6. The normalized spacial score (nSPS) is 12.5. The minimum Gasteiger partial charge on any atom is -0.409 e. The first-order chi connectivity index (χ1) is 6.85. The van der Waals surface area contributed by atoms with Crippen molar-refractivity contribution in [1.82, 2.24) is 10.0 Å². The number of amides is 1. The third-order valence-corrected chi connectivity index (χ3v) is 2.01. The quantitative estimate of drug-likeness (QED) is 0.137. The Hall–Kier alpha value is -1.35. The third-order valence-electron chi connectivity index (χ3n) is 1.28. The lowest BCUT2D eigenvalue weighted by atomic mass is 10.4. The zero-order valence-electron chi connectivity index (χ0n) is 8.23. The Kier molecular flexibility index (Phi) is 5.64. The number of sulfonamides is 1. The van der Waals surface area contributed by atoms with E-state index in [1.54, 1.807) is 0 Å².